The number of hydrogen-bond acceptors (Lipinski definition) is 2. The minimum Gasteiger partial charge on any atom is -0.480 e. The summed E-state index contributed by atoms with van der Waals surface area (Å²) in [6.45, 7) is 5.85. The van der Waals surface area contributed by atoms with Crippen LogP contribution in [0.15, 0.2) is 24.3 Å². The van der Waals surface area contributed by atoms with E-state index in [1.54, 1.807) is 12.1 Å². The number of rotatable bonds is 6. The maximum Gasteiger partial charge on any atom is 0.320 e. The highest BCUT2D eigenvalue weighted by atomic mass is 19.1. The molecule has 0 aliphatic heterocycles. The van der Waals surface area contributed by atoms with Crippen LogP contribution >= 0.6 is 0 Å². The van der Waals surface area contributed by atoms with Gasteiger partial charge in [0.15, 0.2) is 0 Å². The van der Waals surface area contributed by atoms with Crippen molar-refractivity contribution >= 4 is 5.97 Å². The number of aliphatic carboxylic acids is 1. The van der Waals surface area contributed by atoms with Crippen molar-refractivity contribution < 1.29 is 14.3 Å². The van der Waals surface area contributed by atoms with Gasteiger partial charge in [0, 0.05) is 6.04 Å². The average Bonchev–Trinajstić information content (AvgIpc) is 2.31. The zero-order chi connectivity index (χ0) is 13.7. The summed E-state index contributed by atoms with van der Waals surface area (Å²) >= 11 is 0. The summed E-state index contributed by atoms with van der Waals surface area (Å²) in [5.41, 5.74) is 0.908. The summed E-state index contributed by atoms with van der Waals surface area (Å²) in [6.07, 6.45) is 0.514. The van der Waals surface area contributed by atoms with Crippen LogP contribution in [-0.4, -0.2) is 17.1 Å². The second kappa shape index (κ2) is 6.50. The number of carboxylic acid groups (broad SMARTS) is 1. The van der Waals surface area contributed by atoms with Gasteiger partial charge in [0.1, 0.15) is 11.9 Å². The lowest BCUT2D eigenvalue weighted by atomic mass is 9.95. The molecule has 1 rings (SSSR count). The van der Waals surface area contributed by atoms with E-state index in [0.29, 0.717) is 6.42 Å². The van der Waals surface area contributed by atoms with Crippen LogP contribution in [0, 0.1) is 11.7 Å². The highest BCUT2D eigenvalue weighted by Gasteiger charge is 2.23. The van der Waals surface area contributed by atoms with Gasteiger partial charge in [-0.25, -0.2) is 4.39 Å². The van der Waals surface area contributed by atoms with Gasteiger partial charge in [-0.2, -0.15) is 0 Å². The van der Waals surface area contributed by atoms with E-state index in [9.17, 15) is 9.18 Å². The molecule has 0 aromatic heterocycles. The summed E-state index contributed by atoms with van der Waals surface area (Å²) in [5, 5.41) is 12.2. The lowest BCUT2D eigenvalue weighted by Gasteiger charge is -2.26. The summed E-state index contributed by atoms with van der Waals surface area (Å²) < 4.78 is 12.9. The van der Waals surface area contributed by atoms with E-state index >= 15 is 0 Å². The van der Waals surface area contributed by atoms with Gasteiger partial charge in [-0.3, -0.25) is 10.1 Å². The first-order valence-electron chi connectivity index (χ1n) is 6.20. The molecule has 0 radical (unpaired) electrons. The molecule has 0 aliphatic carbocycles. The van der Waals surface area contributed by atoms with E-state index in [1.165, 1.54) is 12.1 Å². The van der Waals surface area contributed by atoms with Crippen LogP contribution in [-0.2, 0) is 4.79 Å². The van der Waals surface area contributed by atoms with Crippen LogP contribution in [0.25, 0.3) is 0 Å². The Labute approximate surface area is 107 Å². The maximum atomic E-state index is 12.9. The fourth-order valence-electron chi connectivity index (χ4n) is 1.92. The Balaban J connectivity index is 2.89. The first-order valence-corrected chi connectivity index (χ1v) is 6.20. The van der Waals surface area contributed by atoms with E-state index in [-0.39, 0.29) is 17.8 Å². The Morgan fingerprint density at radius 2 is 1.89 bits per heavy atom. The molecule has 0 fully saturated rings. The molecule has 4 heteroatoms. The van der Waals surface area contributed by atoms with Crippen molar-refractivity contribution in [3.8, 4) is 0 Å². The topological polar surface area (TPSA) is 49.3 Å². The quantitative estimate of drug-likeness (QED) is 0.819. The van der Waals surface area contributed by atoms with Crippen LogP contribution in [0.3, 0.4) is 0 Å². The van der Waals surface area contributed by atoms with Crippen molar-refractivity contribution in [2.45, 2.75) is 39.3 Å². The summed E-state index contributed by atoms with van der Waals surface area (Å²) in [6, 6.07) is 5.51. The monoisotopic (exact) mass is 253 g/mol. The van der Waals surface area contributed by atoms with Crippen LogP contribution < -0.4 is 5.32 Å². The van der Waals surface area contributed by atoms with Crippen molar-refractivity contribution in [2.75, 3.05) is 0 Å². The number of hydrogen-bond donors (Lipinski definition) is 2. The first kappa shape index (κ1) is 14.6. The predicted molar refractivity (Wildman–Crippen MR) is 68.8 cm³/mol. The molecule has 0 bridgehead atoms. The smallest absolute Gasteiger partial charge is 0.320 e. The van der Waals surface area contributed by atoms with Crippen molar-refractivity contribution in [1.82, 2.24) is 5.32 Å². The number of benzene rings is 1. The minimum atomic E-state index is -0.856. The van der Waals surface area contributed by atoms with Crippen LogP contribution in [0.1, 0.15) is 38.8 Å². The number of carboxylic acids is 1. The van der Waals surface area contributed by atoms with E-state index < -0.39 is 12.0 Å². The third kappa shape index (κ3) is 3.81. The van der Waals surface area contributed by atoms with Crippen LogP contribution in [0.4, 0.5) is 4.39 Å². The number of carbonyl (C=O) groups is 1. The molecule has 100 valence electrons. The normalized spacial score (nSPS) is 14.5. The summed E-state index contributed by atoms with van der Waals surface area (Å²) in [5.74, 6) is -0.916. The molecule has 0 aliphatic rings. The molecule has 2 atom stereocenters. The van der Waals surface area contributed by atoms with Gasteiger partial charge < -0.3 is 5.11 Å². The third-order valence-corrected chi connectivity index (χ3v) is 2.98. The lowest BCUT2D eigenvalue weighted by Crippen LogP contribution is -2.40. The molecule has 18 heavy (non-hydrogen) atoms. The Bertz CT molecular complexity index is 389. The highest BCUT2D eigenvalue weighted by Crippen LogP contribution is 2.23. The molecular weight excluding hydrogens is 233 g/mol. The largest absolute Gasteiger partial charge is 0.480 e. The van der Waals surface area contributed by atoms with Gasteiger partial charge in [0.25, 0.3) is 0 Å². The SMILES string of the molecule is CCC(NC(c1ccc(F)cc1)C(C)C)C(=O)O. The fourth-order valence-corrected chi connectivity index (χ4v) is 1.92. The van der Waals surface area contributed by atoms with Crippen molar-refractivity contribution in [3.63, 3.8) is 0 Å². The van der Waals surface area contributed by atoms with E-state index in [4.69, 9.17) is 5.11 Å². The lowest BCUT2D eigenvalue weighted by molar-refractivity contribution is -0.139. The Hall–Kier alpha value is -1.42. The molecule has 0 saturated carbocycles. The minimum absolute atomic E-state index is 0.0911. The standard InChI is InChI=1S/C14H20FNO2/c1-4-12(14(17)18)16-13(9(2)3)10-5-7-11(15)8-6-10/h5-9,12-13,16H,4H2,1-3H3,(H,17,18). The van der Waals surface area contributed by atoms with Crippen molar-refractivity contribution in [2.24, 2.45) is 5.92 Å². The van der Waals surface area contributed by atoms with E-state index in [1.807, 2.05) is 20.8 Å². The average molecular weight is 253 g/mol. The Kier molecular flexibility index (Phi) is 5.28. The predicted octanol–water partition coefficient (Wildman–Crippen LogP) is 2.98. The van der Waals surface area contributed by atoms with Crippen LogP contribution in [0.5, 0.6) is 0 Å². The molecule has 0 heterocycles. The zero-order valence-corrected chi connectivity index (χ0v) is 11.0. The van der Waals surface area contributed by atoms with Crippen molar-refractivity contribution in [1.29, 1.82) is 0 Å². The molecular formula is C14H20FNO2. The van der Waals surface area contributed by atoms with Gasteiger partial charge in [-0.05, 0) is 30.0 Å². The Morgan fingerprint density at radius 3 is 2.28 bits per heavy atom. The zero-order valence-electron chi connectivity index (χ0n) is 11.0. The molecule has 3 nitrogen and oxygen atoms in total. The first-order chi connectivity index (χ1) is 8.45. The van der Waals surface area contributed by atoms with Gasteiger partial charge in [0.2, 0.25) is 0 Å². The van der Waals surface area contributed by atoms with E-state index in [2.05, 4.69) is 5.32 Å². The summed E-state index contributed by atoms with van der Waals surface area (Å²) in [4.78, 5) is 11.1. The molecule has 2 N–H and O–H groups in total. The third-order valence-electron chi connectivity index (χ3n) is 2.98. The molecule has 0 spiro atoms. The van der Waals surface area contributed by atoms with Gasteiger partial charge in [0.05, 0.1) is 0 Å². The Morgan fingerprint density at radius 1 is 1.33 bits per heavy atom. The second-order valence-corrected chi connectivity index (χ2v) is 4.74. The van der Waals surface area contributed by atoms with Crippen LogP contribution in [0.2, 0.25) is 0 Å². The second-order valence-electron chi connectivity index (χ2n) is 4.74. The maximum absolute atomic E-state index is 12.9. The molecule has 1 aromatic carbocycles. The van der Waals surface area contributed by atoms with Gasteiger partial charge in [-0.15, -0.1) is 0 Å². The molecule has 2 unspecified atom stereocenters. The number of halogens is 1. The summed E-state index contributed by atoms with van der Waals surface area (Å²) in [7, 11) is 0. The molecule has 1 aromatic rings. The van der Waals surface area contributed by atoms with Gasteiger partial charge in [-0.1, -0.05) is 32.9 Å². The molecule has 0 amide bonds. The van der Waals surface area contributed by atoms with E-state index in [0.717, 1.165) is 5.56 Å². The highest BCUT2D eigenvalue weighted by molar-refractivity contribution is 5.73. The fraction of sp³-hybridized carbons (Fsp3) is 0.500. The molecule has 0 saturated heterocycles. The van der Waals surface area contributed by atoms with Gasteiger partial charge >= 0.3 is 5.97 Å². The number of nitrogens with one attached hydrogen (secondary N) is 1. The van der Waals surface area contributed by atoms with Crippen molar-refractivity contribution in [3.05, 3.63) is 35.6 Å².